The molecule has 0 N–H and O–H groups in total. The van der Waals surface area contributed by atoms with Crippen LogP contribution in [0.25, 0.3) is 0 Å². The lowest BCUT2D eigenvalue weighted by Crippen LogP contribution is -2.04. The van der Waals surface area contributed by atoms with Crippen LogP contribution in [-0.4, -0.2) is 0 Å². The van der Waals surface area contributed by atoms with Gasteiger partial charge in [-0.1, -0.05) is 91.0 Å². The minimum atomic E-state index is -3.36. The molecule has 3 nitrogen and oxygen atoms in total. The summed E-state index contributed by atoms with van der Waals surface area (Å²) in [6, 6.07) is 29.2. The number of rotatable bonds is 8. The smallest absolute Gasteiger partial charge is 0.303 e. The molecule has 0 fully saturated rings. The molecule has 3 aromatic carbocycles. The van der Waals surface area contributed by atoms with Crippen molar-refractivity contribution in [3.63, 3.8) is 0 Å². The Morgan fingerprint density at radius 3 is 1.50 bits per heavy atom. The van der Waals surface area contributed by atoms with Gasteiger partial charge >= 0.3 is 7.60 Å². The van der Waals surface area contributed by atoms with Gasteiger partial charge in [0, 0.05) is 0 Å². The third-order valence-corrected chi connectivity index (χ3v) is 6.49. The van der Waals surface area contributed by atoms with Gasteiger partial charge in [0.15, 0.2) is 0 Å². The molecule has 0 spiro atoms. The van der Waals surface area contributed by atoms with Gasteiger partial charge in [-0.25, -0.2) is 0 Å². The SMILES string of the molecule is CC(c1ccccc1)P(=O)(OCc1ccccc1)OCc1ccccc1. The largest absolute Gasteiger partial charge is 0.338 e. The molecule has 4 heteroatoms. The van der Waals surface area contributed by atoms with Gasteiger partial charge in [-0.2, -0.15) is 0 Å². The lowest BCUT2D eigenvalue weighted by atomic mass is 10.2. The molecule has 0 radical (unpaired) electrons. The Labute approximate surface area is 155 Å². The standard InChI is InChI=1S/C22H23O3P/c1-19(22-15-9-4-10-16-22)26(23,24-17-20-11-5-2-6-12-20)25-18-21-13-7-3-8-14-21/h2-16,19H,17-18H2,1H3. The Hall–Kier alpha value is -2.19. The van der Waals surface area contributed by atoms with Crippen molar-refractivity contribution in [3.05, 3.63) is 108 Å². The molecular formula is C22H23O3P. The van der Waals surface area contributed by atoms with E-state index in [4.69, 9.17) is 9.05 Å². The van der Waals surface area contributed by atoms with Crippen LogP contribution < -0.4 is 0 Å². The fourth-order valence-electron chi connectivity index (χ4n) is 2.65. The van der Waals surface area contributed by atoms with Crippen LogP contribution in [0.4, 0.5) is 0 Å². The van der Waals surface area contributed by atoms with Gasteiger partial charge in [0.25, 0.3) is 0 Å². The number of benzene rings is 3. The van der Waals surface area contributed by atoms with Crippen molar-refractivity contribution in [2.45, 2.75) is 25.8 Å². The highest BCUT2D eigenvalue weighted by molar-refractivity contribution is 7.54. The fraction of sp³-hybridized carbons (Fsp3) is 0.182. The minimum absolute atomic E-state index is 0.254. The van der Waals surface area contributed by atoms with E-state index in [9.17, 15) is 4.57 Å². The van der Waals surface area contributed by atoms with Crippen molar-refractivity contribution in [1.82, 2.24) is 0 Å². The molecule has 0 saturated carbocycles. The predicted octanol–water partition coefficient (Wildman–Crippen LogP) is 6.37. The van der Waals surface area contributed by atoms with Crippen LogP contribution >= 0.6 is 7.60 Å². The summed E-state index contributed by atoms with van der Waals surface area (Å²) >= 11 is 0. The van der Waals surface area contributed by atoms with E-state index in [1.807, 2.05) is 97.9 Å². The molecule has 26 heavy (non-hydrogen) atoms. The summed E-state index contributed by atoms with van der Waals surface area (Å²) < 4.78 is 25.4. The van der Waals surface area contributed by atoms with Gasteiger partial charge in [-0.05, 0) is 23.6 Å². The van der Waals surface area contributed by atoms with E-state index in [-0.39, 0.29) is 18.9 Å². The van der Waals surface area contributed by atoms with E-state index in [0.29, 0.717) is 0 Å². The summed E-state index contributed by atoms with van der Waals surface area (Å²) in [5.74, 6) is 0. The zero-order valence-corrected chi connectivity index (χ0v) is 15.7. The summed E-state index contributed by atoms with van der Waals surface area (Å²) in [6.07, 6.45) is 0. The lowest BCUT2D eigenvalue weighted by molar-refractivity contribution is 0.185. The summed E-state index contributed by atoms with van der Waals surface area (Å²) in [4.78, 5) is 0. The predicted molar refractivity (Wildman–Crippen MR) is 105 cm³/mol. The first-order valence-corrected chi connectivity index (χ1v) is 10.3. The average molecular weight is 366 g/mol. The van der Waals surface area contributed by atoms with Crippen LogP contribution in [0, 0.1) is 0 Å². The van der Waals surface area contributed by atoms with Crippen LogP contribution in [-0.2, 0) is 26.8 Å². The van der Waals surface area contributed by atoms with Gasteiger partial charge in [0.1, 0.15) is 0 Å². The normalized spacial score (nSPS) is 12.7. The van der Waals surface area contributed by atoms with Crippen molar-refractivity contribution in [2.24, 2.45) is 0 Å². The molecule has 0 aromatic heterocycles. The summed E-state index contributed by atoms with van der Waals surface area (Å²) in [6.45, 7) is 2.40. The summed E-state index contributed by atoms with van der Waals surface area (Å²) in [5.41, 5.74) is 2.53. The van der Waals surface area contributed by atoms with Crippen LogP contribution in [0.15, 0.2) is 91.0 Å². The molecule has 0 amide bonds. The quantitative estimate of drug-likeness (QED) is 0.434. The van der Waals surface area contributed by atoms with Crippen molar-refractivity contribution in [3.8, 4) is 0 Å². The van der Waals surface area contributed by atoms with Crippen molar-refractivity contribution < 1.29 is 13.6 Å². The molecule has 134 valence electrons. The van der Waals surface area contributed by atoms with Gasteiger partial charge in [-0.3, -0.25) is 4.57 Å². The van der Waals surface area contributed by atoms with E-state index in [1.165, 1.54) is 0 Å². The van der Waals surface area contributed by atoms with Gasteiger partial charge in [-0.15, -0.1) is 0 Å². The van der Waals surface area contributed by atoms with Gasteiger partial charge < -0.3 is 9.05 Å². The Bertz CT molecular complexity index is 788. The van der Waals surface area contributed by atoms with Crippen LogP contribution in [0.5, 0.6) is 0 Å². The molecule has 0 aliphatic rings. The first-order chi connectivity index (χ1) is 12.7. The molecule has 0 bridgehead atoms. The van der Waals surface area contributed by atoms with E-state index in [1.54, 1.807) is 0 Å². The minimum Gasteiger partial charge on any atom is -0.303 e. The summed E-state index contributed by atoms with van der Waals surface area (Å²) in [5, 5.41) is 0. The Morgan fingerprint density at radius 2 is 1.08 bits per heavy atom. The second-order valence-electron chi connectivity index (χ2n) is 6.14. The van der Waals surface area contributed by atoms with Crippen molar-refractivity contribution in [2.75, 3.05) is 0 Å². The Kier molecular flexibility index (Phi) is 6.40. The first kappa shape index (κ1) is 18.6. The molecule has 3 rings (SSSR count). The van der Waals surface area contributed by atoms with Crippen LogP contribution in [0.2, 0.25) is 0 Å². The molecule has 1 atom stereocenters. The molecule has 1 unspecified atom stereocenters. The molecule has 0 aliphatic heterocycles. The zero-order chi connectivity index (χ0) is 18.2. The second-order valence-corrected chi connectivity index (χ2v) is 8.52. The Balaban J connectivity index is 1.78. The van der Waals surface area contributed by atoms with E-state index in [0.717, 1.165) is 16.7 Å². The van der Waals surface area contributed by atoms with Gasteiger partial charge in [0.05, 0.1) is 18.9 Å². The molecular weight excluding hydrogens is 343 g/mol. The van der Waals surface area contributed by atoms with E-state index >= 15 is 0 Å². The molecule has 0 aliphatic carbocycles. The average Bonchev–Trinajstić information content (AvgIpc) is 2.72. The van der Waals surface area contributed by atoms with Gasteiger partial charge in [0.2, 0.25) is 0 Å². The third kappa shape index (κ3) is 4.92. The maximum atomic E-state index is 13.6. The van der Waals surface area contributed by atoms with Crippen LogP contribution in [0.1, 0.15) is 29.3 Å². The molecule has 0 saturated heterocycles. The maximum Gasteiger partial charge on any atom is 0.338 e. The Morgan fingerprint density at radius 1 is 0.692 bits per heavy atom. The zero-order valence-electron chi connectivity index (χ0n) is 14.8. The first-order valence-electron chi connectivity index (χ1n) is 8.69. The van der Waals surface area contributed by atoms with Crippen molar-refractivity contribution >= 4 is 7.60 Å². The monoisotopic (exact) mass is 366 g/mol. The maximum absolute atomic E-state index is 13.6. The van der Waals surface area contributed by atoms with E-state index in [2.05, 4.69) is 0 Å². The number of hydrogen-bond donors (Lipinski definition) is 0. The van der Waals surface area contributed by atoms with E-state index < -0.39 is 7.60 Å². The highest BCUT2D eigenvalue weighted by atomic mass is 31.2. The topological polar surface area (TPSA) is 35.5 Å². The highest BCUT2D eigenvalue weighted by Gasteiger charge is 2.34. The fourth-order valence-corrected chi connectivity index (χ4v) is 4.37. The number of hydrogen-bond acceptors (Lipinski definition) is 3. The lowest BCUT2D eigenvalue weighted by Gasteiger charge is -2.25. The second kappa shape index (κ2) is 8.95. The molecule has 3 aromatic rings. The van der Waals surface area contributed by atoms with Crippen LogP contribution in [0.3, 0.4) is 0 Å². The third-order valence-electron chi connectivity index (χ3n) is 4.26. The highest BCUT2D eigenvalue weighted by Crippen LogP contribution is 2.61. The molecule has 0 heterocycles. The summed E-state index contributed by atoms with van der Waals surface area (Å²) in [7, 11) is -3.36. The van der Waals surface area contributed by atoms with Crippen molar-refractivity contribution in [1.29, 1.82) is 0 Å².